The molecule has 2 atom stereocenters. The second kappa shape index (κ2) is 6.50. The van der Waals surface area contributed by atoms with E-state index in [4.69, 9.17) is 18.0 Å². The summed E-state index contributed by atoms with van der Waals surface area (Å²) in [6.45, 7) is 6.90. The molecule has 1 heterocycles. The fourth-order valence-corrected chi connectivity index (χ4v) is 2.88. The van der Waals surface area contributed by atoms with Crippen LogP contribution >= 0.6 is 12.2 Å². The number of hydrogen-bond donors (Lipinski definition) is 1. The summed E-state index contributed by atoms with van der Waals surface area (Å²) in [5.74, 6) is 0.135. The topological polar surface area (TPSA) is 46.3 Å². The Morgan fingerprint density at radius 2 is 2.11 bits per heavy atom. The van der Waals surface area contributed by atoms with Crippen LogP contribution in [-0.4, -0.2) is 28.4 Å². The van der Waals surface area contributed by atoms with Crippen LogP contribution in [0.2, 0.25) is 0 Å². The number of rotatable bonds is 5. The van der Waals surface area contributed by atoms with Gasteiger partial charge >= 0.3 is 0 Å². The van der Waals surface area contributed by atoms with Crippen LogP contribution in [0.1, 0.15) is 59.3 Å². The van der Waals surface area contributed by atoms with Crippen molar-refractivity contribution in [1.29, 1.82) is 0 Å². The van der Waals surface area contributed by atoms with Gasteiger partial charge in [0, 0.05) is 12.6 Å². The molecule has 0 aromatic heterocycles. The monoisotopic (exact) mass is 270 g/mol. The van der Waals surface area contributed by atoms with E-state index in [-0.39, 0.29) is 5.91 Å². The van der Waals surface area contributed by atoms with Crippen LogP contribution in [0, 0.1) is 5.41 Å². The maximum Gasteiger partial charge on any atom is 0.235 e. The fourth-order valence-electron chi connectivity index (χ4n) is 2.65. The van der Waals surface area contributed by atoms with Crippen molar-refractivity contribution in [3.8, 4) is 0 Å². The molecule has 4 heteroatoms. The van der Waals surface area contributed by atoms with Gasteiger partial charge in [-0.05, 0) is 39.0 Å². The quantitative estimate of drug-likeness (QED) is 0.781. The predicted molar refractivity (Wildman–Crippen MR) is 79.4 cm³/mol. The lowest BCUT2D eigenvalue weighted by atomic mass is 9.84. The van der Waals surface area contributed by atoms with Crippen molar-refractivity contribution in [2.24, 2.45) is 11.1 Å². The van der Waals surface area contributed by atoms with Crippen LogP contribution in [0.5, 0.6) is 0 Å². The molecule has 0 bridgehead atoms. The van der Waals surface area contributed by atoms with E-state index >= 15 is 0 Å². The van der Waals surface area contributed by atoms with E-state index in [9.17, 15) is 4.79 Å². The molecule has 1 amide bonds. The number of likely N-dealkylation sites (tertiary alicyclic amines) is 1. The first-order valence-corrected chi connectivity index (χ1v) is 7.49. The van der Waals surface area contributed by atoms with Gasteiger partial charge < -0.3 is 10.6 Å². The van der Waals surface area contributed by atoms with Crippen LogP contribution < -0.4 is 5.73 Å². The maximum atomic E-state index is 12.7. The average Bonchev–Trinajstić information content (AvgIpc) is 2.37. The summed E-state index contributed by atoms with van der Waals surface area (Å²) >= 11 is 5.11. The minimum Gasteiger partial charge on any atom is -0.392 e. The van der Waals surface area contributed by atoms with Crippen molar-refractivity contribution in [1.82, 2.24) is 4.90 Å². The highest BCUT2D eigenvalue weighted by Crippen LogP contribution is 2.30. The molecule has 0 spiro atoms. The number of amides is 1. The molecule has 18 heavy (non-hydrogen) atoms. The zero-order chi connectivity index (χ0) is 13.8. The largest absolute Gasteiger partial charge is 0.392 e. The second-order valence-electron chi connectivity index (χ2n) is 5.49. The molecule has 2 N–H and O–H groups in total. The molecule has 0 aliphatic carbocycles. The van der Waals surface area contributed by atoms with E-state index in [2.05, 4.69) is 6.92 Å². The Kier molecular flexibility index (Phi) is 5.57. The SMILES string of the molecule is CCCC1CCCCN1C(=O)C(C)(CC)C(N)=S. The lowest BCUT2D eigenvalue weighted by Crippen LogP contribution is -2.53. The van der Waals surface area contributed by atoms with Gasteiger partial charge in [-0.15, -0.1) is 0 Å². The molecular formula is C14H26N2OS. The minimum absolute atomic E-state index is 0.135. The molecule has 0 aromatic carbocycles. The summed E-state index contributed by atoms with van der Waals surface area (Å²) in [5, 5.41) is 0. The fraction of sp³-hybridized carbons (Fsp3) is 0.857. The van der Waals surface area contributed by atoms with Gasteiger partial charge in [0.15, 0.2) is 0 Å². The van der Waals surface area contributed by atoms with E-state index in [1.54, 1.807) is 0 Å². The third-order valence-corrected chi connectivity index (χ3v) is 4.68. The summed E-state index contributed by atoms with van der Waals surface area (Å²) in [6, 6.07) is 0.386. The number of nitrogens with two attached hydrogens (primary N) is 1. The van der Waals surface area contributed by atoms with Gasteiger partial charge in [-0.3, -0.25) is 4.79 Å². The van der Waals surface area contributed by atoms with Gasteiger partial charge in [0.2, 0.25) is 5.91 Å². The molecule has 1 aliphatic rings. The Labute approximate surface area is 116 Å². The molecule has 1 aliphatic heterocycles. The Balaban J connectivity index is 2.88. The van der Waals surface area contributed by atoms with Gasteiger partial charge in [0.25, 0.3) is 0 Å². The summed E-state index contributed by atoms with van der Waals surface area (Å²) < 4.78 is 0. The number of piperidine rings is 1. The van der Waals surface area contributed by atoms with Crippen molar-refractivity contribution < 1.29 is 4.79 Å². The first-order valence-electron chi connectivity index (χ1n) is 7.08. The Hall–Kier alpha value is -0.640. The first-order chi connectivity index (χ1) is 8.47. The Morgan fingerprint density at radius 1 is 1.44 bits per heavy atom. The Morgan fingerprint density at radius 3 is 2.61 bits per heavy atom. The van der Waals surface area contributed by atoms with Crippen molar-refractivity contribution in [3.63, 3.8) is 0 Å². The zero-order valence-electron chi connectivity index (χ0n) is 11.9. The highest BCUT2D eigenvalue weighted by atomic mass is 32.1. The Bertz CT molecular complexity index is 317. The number of hydrogen-bond acceptors (Lipinski definition) is 2. The van der Waals surface area contributed by atoms with E-state index in [1.807, 2.05) is 18.7 Å². The normalized spacial score (nSPS) is 23.5. The van der Waals surface area contributed by atoms with Crippen molar-refractivity contribution in [3.05, 3.63) is 0 Å². The molecule has 0 saturated carbocycles. The molecule has 0 aromatic rings. The first kappa shape index (κ1) is 15.4. The summed E-state index contributed by atoms with van der Waals surface area (Å²) in [4.78, 5) is 15.1. The number of carbonyl (C=O) groups excluding carboxylic acids is 1. The van der Waals surface area contributed by atoms with Gasteiger partial charge in [-0.1, -0.05) is 32.5 Å². The third-order valence-electron chi connectivity index (χ3n) is 4.23. The second-order valence-corrected chi connectivity index (χ2v) is 5.93. The maximum absolute atomic E-state index is 12.7. The number of thiocarbonyl (C=S) groups is 1. The van der Waals surface area contributed by atoms with Crippen molar-refractivity contribution >= 4 is 23.1 Å². The molecule has 1 fully saturated rings. The van der Waals surface area contributed by atoms with E-state index in [1.165, 1.54) is 6.42 Å². The zero-order valence-corrected chi connectivity index (χ0v) is 12.7. The van der Waals surface area contributed by atoms with Crippen LogP contribution in [0.25, 0.3) is 0 Å². The summed E-state index contributed by atoms with van der Waals surface area (Å²) in [5.41, 5.74) is 5.12. The third kappa shape index (κ3) is 3.02. The highest BCUT2D eigenvalue weighted by Gasteiger charge is 2.40. The highest BCUT2D eigenvalue weighted by molar-refractivity contribution is 7.80. The van der Waals surface area contributed by atoms with Crippen molar-refractivity contribution in [2.75, 3.05) is 6.54 Å². The van der Waals surface area contributed by atoms with Gasteiger partial charge in [-0.2, -0.15) is 0 Å². The van der Waals surface area contributed by atoms with E-state index in [0.29, 0.717) is 17.5 Å². The van der Waals surface area contributed by atoms with Crippen LogP contribution in [0.4, 0.5) is 0 Å². The van der Waals surface area contributed by atoms with Gasteiger partial charge in [0.1, 0.15) is 0 Å². The summed E-state index contributed by atoms with van der Waals surface area (Å²) in [6.07, 6.45) is 6.33. The van der Waals surface area contributed by atoms with Gasteiger partial charge in [0.05, 0.1) is 10.4 Å². The molecule has 3 nitrogen and oxygen atoms in total. The lowest BCUT2D eigenvalue weighted by Gasteiger charge is -2.41. The van der Waals surface area contributed by atoms with Crippen LogP contribution in [-0.2, 0) is 4.79 Å². The smallest absolute Gasteiger partial charge is 0.235 e. The lowest BCUT2D eigenvalue weighted by molar-refractivity contribution is -0.141. The molecule has 1 rings (SSSR count). The van der Waals surface area contributed by atoms with Crippen LogP contribution in [0.15, 0.2) is 0 Å². The van der Waals surface area contributed by atoms with E-state index < -0.39 is 5.41 Å². The molecule has 104 valence electrons. The van der Waals surface area contributed by atoms with Crippen molar-refractivity contribution in [2.45, 2.75) is 65.3 Å². The number of nitrogens with zero attached hydrogens (tertiary/aromatic N) is 1. The predicted octanol–water partition coefficient (Wildman–Crippen LogP) is 2.87. The van der Waals surface area contributed by atoms with E-state index in [0.717, 1.165) is 32.2 Å². The minimum atomic E-state index is -0.668. The molecular weight excluding hydrogens is 244 g/mol. The number of carbonyl (C=O) groups is 1. The van der Waals surface area contributed by atoms with Crippen LogP contribution in [0.3, 0.4) is 0 Å². The molecule has 1 saturated heterocycles. The average molecular weight is 270 g/mol. The molecule has 0 radical (unpaired) electrons. The van der Waals surface area contributed by atoms with Gasteiger partial charge in [-0.25, -0.2) is 0 Å². The molecule has 2 unspecified atom stereocenters. The standard InChI is InChI=1S/C14H26N2OS/c1-4-8-11-9-6-7-10-16(11)13(17)14(3,5-2)12(15)18/h11H,4-10H2,1-3H3,(H2,15,18). The summed E-state index contributed by atoms with van der Waals surface area (Å²) in [7, 11) is 0.